The molecule has 1 unspecified atom stereocenters. The van der Waals surface area contributed by atoms with Crippen LogP contribution in [0.4, 0.5) is 11.4 Å². The van der Waals surface area contributed by atoms with Crippen molar-refractivity contribution in [3.63, 3.8) is 0 Å². The third kappa shape index (κ3) is 5.85. The van der Waals surface area contributed by atoms with E-state index in [1.165, 1.54) is 16.7 Å². The number of benzene rings is 3. The highest BCUT2D eigenvalue weighted by Crippen LogP contribution is 2.42. The molecule has 1 saturated heterocycles. The van der Waals surface area contributed by atoms with Gasteiger partial charge in [0.25, 0.3) is 5.91 Å². The number of hydrogen-bond donors (Lipinski definition) is 1. The monoisotopic (exact) mass is 537 g/mol. The SMILES string of the molecule is CCOc1ccc(N2C(=O)C(Cc3cc(Cl)cc(Cl)c3)S/C2=C(/C#N)C(=O)Nc2ccccc2)cc1. The summed E-state index contributed by atoms with van der Waals surface area (Å²) in [5.74, 6) is -0.199. The number of anilines is 2. The Labute approximate surface area is 223 Å². The molecule has 0 bridgehead atoms. The van der Waals surface area contributed by atoms with E-state index < -0.39 is 11.2 Å². The van der Waals surface area contributed by atoms with E-state index in [4.69, 9.17) is 27.9 Å². The van der Waals surface area contributed by atoms with Crippen LogP contribution < -0.4 is 15.0 Å². The fourth-order valence-electron chi connectivity index (χ4n) is 3.74. The second kappa shape index (κ2) is 11.5. The zero-order chi connectivity index (χ0) is 25.7. The van der Waals surface area contributed by atoms with Gasteiger partial charge in [0, 0.05) is 21.4 Å². The number of amides is 2. The molecule has 2 amide bonds. The van der Waals surface area contributed by atoms with Gasteiger partial charge in [-0.3, -0.25) is 14.5 Å². The minimum absolute atomic E-state index is 0.155. The van der Waals surface area contributed by atoms with Crippen molar-refractivity contribution in [1.29, 1.82) is 5.26 Å². The third-order valence-corrected chi connectivity index (χ3v) is 6.99. The number of rotatable bonds is 7. The zero-order valence-electron chi connectivity index (χ0n) is 19.2. The Morgan fingerprint density at radius 3 is 2.36 bits per heavy atom. The third-order valence-electron chi connectivity index (χ3n) is 5.29. The second-order valence-corrected chi connectivity index (χ2v) is 9.87. The number of para-hydroxylation sites is 1. The number of hydrogen-bond acceptors (Lipinski definition) is 5. The summed E-state index contributed by atoms with van der Waals surface area (Å²) in [5, 5.41) is 13.3. The van der Waals surface area contributed by atoms with E-state index in [0.717, 1.165) is 5.56 Å². The van der Waals surface area contributed by atoms with E-state index in [0.29, 0.717) is 40.2 Å². The summed E-state index contributed by atoms with van der Waals surface area (Å²) >= 11 is 13.5. The van der Waals surface area contributed by atoms with Gasteiger partial charge in [-0.1, -0.05) is 53.2 Å². The van der Waals surface area contributed by atoms with Crippen LogP contribution in [-0.2, 0) is 16.0 Å². The summed E-state index contributed by atoms with van der Waals surface area (Å²) in [7, 11) is 0. The molecule has 1 N–H and O–H groups in total. The molecule has 1 heterocycles. The number of carbonyl (C=O) groups is 2. The fraction of sp³-hybridized carbons (Fsp3) is 0.148. The van der Waals surface area contributed by atoms with E-state index in [9.17, 15) is 14.9 Å². The minimum Gasteiger partial charge on any atom is -0.494 e. The summed E-state index contributed by atoms with van der Waals surface area (Å²) in [6.07, 6.45) is 0.319. The highest BCUT2D eigenvalue weighted by Gasteiger charge is 2.41. The van der Waals surface area contributed by atoms with Crippen LogP contribution in [0.5, 0.6) is 5.75 Å². The number of carbonyl (C=O) groups excluding carboxylic acids is 2. The van der Waals surface area contributed by atoms with Crippen LogP contribution in [0.2, 0.25) is 10.0 Å². The standard InChI is InChI=1S/C27H21Cl2N3O3S/c1-2-35-22-10-8-21(9-11-22)32-26(34)24(14-17-12-18(28)15-19(29)13-17)36-27(32)23(16-30)25(33)31-20-6-4-3-5-7-20/h3-13,15,24H,2,14H2,1H3,(H,31,33)/b27-23-. The van der Waals surface area contributed by atoms with E-state index >= 15 is 0 Å². The molecular weight excluding hydrogens is 517 g/mol. The summed E-state index contributed by atoms with van der Waals surface area (Å²) < 4.78 is 5.51. The molecule has 0 radical (unpaired) electrons. The van der Waals surface area contributed by atoms with Gasteiger partial charge in [0.2, 0.25) is 5.91 Å². The molecule has 1 aliphatic rings. The molecule has 0 aliphatic carbocycles. The molecule has 4 rings (SSSR count). The largest absolute Gasteiger partial charge is 0.494 e. The molecule has 3 aromatic carbocycles. The van der Waals surface area contributed by atoms with Crippen molar-refractivity contribution >= 4 is 58.2 Å². The molecule has 6 nitrogen and oxygen atoms in total. The fourth-order valence-corrected chi connectivity index (χ4v) is 5.62. The number of thioether (sulfide) groups is 1. The van der Waals surface area contributed by atoms with Gasteiger partial charge in [0.05, 0.1) is 11.9 Å². The van der Waals surface area contributed by atoms with Crippen LogP contribution in [0.25, 0.3) is 0 Å². The quantitative estimate of drug-likeness (QED) is 0.276. The maximum atomic E-state index is 13.6. The first-order valence-corrected chi connectivity index (χ1v) is 12.7. The lowest BCUT2D eigenvalue weighted by molar-refractivity contribution is -0.117. The predicted molar refractivity (Wildman–Crippen MR) is 144 cm³/mol. The van der Waals surface area contributed by atoms with Crippen LogP contribution in [0.1, 0.15) is 12.5 Å². The summed E-state index contributed by atoms with van der Waals surface area (Å²) in [4.78, 5) is 28.2. The van der Waals surface area contributed by atoms with Crippen LogP contribution >= 0.6 is 35.0 Å². The van der Waals surface area contributed by atoms with Crippen molar-refractivity contribution in [1.82, 2.24) is 0 Å². The molecule has 1 atom stereocenters. The lowest BCUT2D eigenvalue weighted by Gasteiger charge is -2.19. The average Bonchev–Trinajstić information content (AvgIpc) is 3.15. The van der Waals surface area contributed by atoms with Crippen molar-refractivity contribution in [3.05, 3.63) is 99.0 Å². The Bertz CT molecular complexity index is 1330. The lowest BCUT2D eigenvalue weighted by atomic mass is 10.1. The number of ether oxygens (including phenoxy) is 1. The summed E-state index contributed by atoms with van der Waals surface area (Å²) in [5.41, 5.74) is 1.69. The molecular formula is C27H21Cl2N3O3S. The summed E-state index contributed by atoms with van der Waals surface area (Å²) in [6, 6.07) is 22.9. The topological polar surface area (TPSA) is 82.4 Å². The van der Waals surface area contributed by atoms with Gasteiger partial charge >= 0.3 is 0 Å². The number of nitrogens with one attached hydrogen (secondary N) is 1. The van der Waals surface area contributed by atoms with E-state index in [2.05, 4.69) is 5.32 Å². The Kier molecular flexibility index (Phi) is 8.21. The maximum absolute atomic E-state index is 13.6. The van der Waals surface area contributed by atoms with Crippen LogP contribution in [0.3, 0.4) is 0 Å². The van der Waals surface area contributed by atoms with E-state index in [1.807, 2.05) is 19.1 Å². The lowest BCUT2D eigenvalue weighted by Crippen LogP contribution is -2.30. The highest BCUT2D eigenvalue weighted by molar-refractivity contribution is 8.05. The summed E-state index contributed by atoms with van der Waals surface area (Å²) in [6.45, 7) is 2.39. The maximum Gasteiger partial charge on any atom is 0.269 e. The second-order valence-electron chi connectivity index (χ2n) is 7.80. The predicted octanol–water partition coefficient (Wildman–Crippen LogP) is 6.46. The Morgan fingerprint density at radius 2 is 1.75 bits per heavy atom. The van der Waals surface area contributed by atoms with E-state index in [1.54, 1.807) is 66.7 Å². The molecule has 9 heteroatoms. The number of halogens is 2. The zero-order valence-corrected chi connectivity index (χ0v) is 21.5. The van der Waals surface area contributed by atoms with Crippen molar-refractivity contribution in [3.8, 4) is 11.8 Å². The minimum atomic E-state index is -0.596. The molecule has 36 heavy (non-hydrogen) atoms. The van der Waals surface area contributed by atoms with Crippen molar-refractivity contribution in [2.75, 3.05) is 16.8 Å². The highest BCUT2D eigenvalue weighted by atomic mass is 35.5. The van der Waals surface area contributed by atoms with Gasteiger partial charge in [-0.15, -0.1) is 0 Å². The van der Waals surface area contributed by atoms with Crippen molar-refractivity contribution in [2.24, 2.45) is 0 Å². The first kappa shape index (κ1) is 25.6. The van der Waals surface area contributed by atoms with E-state index in [-0.39, 0.29) is 16.5 Å². The smallest absolute Gasteiger partial charge is 0.269 e. The Balaban J connectivity index is 1.73. The van der Waals surface area contributed by atoms with Crippen LogP contribution in [0, 0.1) is 11.3 Å². The number of nitriles is 1. The van der Waals surface area contributed by atoms with Gasteiger partial charge in [-0.2, -0.15) is 5.26 Å². The molecule has 182 valence electrons. The molecule has 0 aromatic heterocycles. The normalized spacial score (nSPS) is 16.4. The Hall–Kier alpha value is -3.44. The first-order valence-electron chi connectivity index (χ1n) is 11.1. The molecule has 0 saturated carbocycles. The average molecular weight is 538 g/mol. The molecule has 0 spiro atoms. The Morgan fingerprint density at radius 1 is 1.08 bits per heavy atom. The first-order chi connectivity index (χ1) is 17.4. The van der Waals surface area contributed by atoms with Gasteiger partial charge in [0.1, 0.15) is 22.4 Å². The van der Waals surface area contributed by atoms with Gasteiger partial charge in [-0.05, 0) is 73.5 Å². The van der Waals surface area contributed by atoms with Gasteiger partial charge in [-0.25, -0.2) is 0 Å². The number of nitrogens with zero attached hydrogens (tertiary/aromatic N) is 2. The molecule has 1 aliphatic heterocycles. The van der Waals surface area contributed by atoms with Gasteiger partial charge < -0.3 is 10.1 Å². The molecule has 3 aromatic rings. The molecule has 1 fully saturated rings. The van der Waals surface area contributed by atoms with Crippen molar-refractivity contribution in [2.45, 2.75) is 18.6 Å². The van der Waals surface area contributed by atoms with Crippen molar-refractivity contribution < 1.29 is 14.3 Å². The van der Waals surface area contributed by atoms with Crippen LogP contribution in [0.15, 0.2) is 83.4 Å². The van der Waals surface area contributed by atoms with Gasteiger partial charge in [0.15, 0.2) is 0 Å². The van der Waals surface area contributed by atoms with Crippen LogP contribution in [-0.4, -0.2) is 23.7 Å².